The Morgan fingerprint density at radius 1 is 1.45 bits per heavy atom. The normalized spacial score (nSPS) is 34.1. The van der Waals surface area contributed by atoms with E-state index < -0.39 is 0 Å². The van der Waals surface area contributed by atoms with E-state index >= 15 is 0 Å². The van der Waals surface area contributed by atoms with Gasteiger partial charge in [-0.25, -0.2) is 0 Å². The van der Waals surface area contributed by atoms with Crippen LogP contribution in [0, 0.1) is 5.92 Å². The highest BCUT2D eigenvalue weighted by Gasteiger charge is 2.33. The summed E-state index contributed by atoms with van der Waals surface area (Å²) in [6.07, 6.45) is 2.93. The third-order valence-corrected chi connectivity index (χ3v) is 2.93. The van der Waals surface area contributed by atoms with E-state index in [1.54, 1.807) is 0 Å². The Morgan fingerprint density at radius 2 is 2.27 bits per heavy atom. The molecule has 0 unspecified atom stereocenters. The first kappa shape index (κ1) is 7.56. The van der Waals surface area contributed by atoms with Crippen LogP contribution >= 0.6 is 0 Å². The number of hydrogen-bond donors (Lipinski definition) is 1. The first-order chi connectivity index (χ1) is 5.40. The molecule has 0 spiro atoms. The van der Waals surface area contributed by atoms with Crippen LogP contribution in [0.3, 0.4) is 0 Å². The number of piperazine rings is 1. The van der Waals surface area contributed by atoms with E-state index in [1.165, 1.54) is 39.0 Å². The maximum Gasteiger partial charge on any atom is 0.0223 e. The molecule has 2 rings (SSSR count). The smallest absolute Gasteiger partial charge is 0.0223 e. The fourth-order valence-corrected chi connectivity index (χ4v) is 1.94. The highest BCUT2D eigenvalue weighted by molar-refractivity contribution is 4.90. The zero-order valence-corrected chi connectivity index (χ0v) is 7.34. The molecule has 11 heavy (non-hydrogen) atoms. The van der Waals surface area contributed by atoms with Crippen LogP contribution in [0.25, 0.3) is 0 Å². The summed E-state index contributed by atoms with van der Waals surface area (Å²) in [5.41, 5.74) is 0. The van der Waals surface area contributed by atoms with E-state index in [4.69, 9.17) is 0 Å². The fraction of sp³-hybridized carbons (Fsp3) is 1.00. The van der Waals surface area contributed by atoms with Gasteiger partial charge in [0.2, 0.25) is 0 Å². The minimum absolute atomic E-state index is 0.823. The van der Waals surface area contributed by atoms with Crippen LogP contribution < -0.4 is 5.32 Å². The second-order valence-corrected chi connectivity index (χ2v) is 3.79. The molecule has 2 nitrogen and oxygen atoms in total. The van der Waals surface area contributed by atoms with Gasteiger partial charge in [-0.05, 0) is 25.3 Å². The first-order valence-electron chi connectivity index (χ1n) is 4.86. The SMILES string of the molecule is CCN1CCN[C@@H](C2CC2)C1. The quantitative estimate of drug-likeness (QED) is 0.629. The van der Waals surface area contributed by atoms with Crippen LogP contribution in [-0.2, 0) is 0 Å². The van der Waals surface area contributed by atoms with Crippen molar-refractivity contribution in [3.05, 3.63) is 0 Å². The molecule has 1 saturated carbocycles. The Hall–Kier alpha value is -0.0800. The lowest BCUT2D eigenvalue weighted by Crippen LogP contribution is -2.51. The zero-order chi connectivity index (χ0) is 7.68. The summed E-state index contributed by atoms with van der Waals surface area (Å²) in [7, 11) is 0. The molecule has 1 saturated heterocycles. The van der Waals surface area contributed by atoms with Gasteiger partial charge in [0.05, 0.1) is 0 Å². The van der Waals surface area contributed by atoms with E-state index in [2.05, 4.69) is 17.1 Å². The van der Waals surface area contributed by atoms with Gasteiger partial charge in [0.1, 0.15) is 0 Å². The highest BCUT2D eigenvalue weighted by Crippen LogP contribution is 2.33. The number of nitrogens with one attached hydrogen (secondary N) is 1. The maximum atomic E-state index is 3.60. The average Bonchev–Trinajstić information content (AvgIpc) is 2.87. The molecule has 0 aromatic carbocycles. The van der Waals surface area contributed by atoms with Crippen molar-refractivity contribution in [3.63, 3.8) is 0 Å². The van der Waals surface area contributed by atoms with Gasteiger partial charge < -0.3 is 10.2 Å². The number of hydrogen-bond acceptors (Lipinski definition) is 2. The Labute approximate surface area is 69.0 Å². The predicted molar refractivity (Wildman–Crippen MR) is 46.6 cm³/mol. The number of rotatable bonds is 2. The van der Waals surface area contributed by atoms with Gasteiger partial charge in [0, 0.05) is 25.7 Å². The Bertz CT molecular complexity index is 132. The third-order valence-electron chi connectivity index (χ3n) is 2.93. The summed E-state index contributed by atoms with van der Waals surface area (Å²) in [5, 5.41) is 3.60. The van der Waals surface area contributed by atoms with Crippen molar-refractivity contribution in [2.45, 2.75) is 25.8 Å². The topological polar surface area (TPSA) is 15.3 Å². The molecule has 2 aliphatic rings. The molecule has 0 aromatic rings. The molecule has 0 amide bonds. The maximum absolute atomic E-state index is 3.60. The lowest BCUT2D eigenvalue weighted by Gasteiger charge is -2.32. The Morgan fingerprint density at radius 3 is 2.91 bits per heavy atom. The molecule has 1 atom stereocenters. The lowest BCUT2D eigenvalue weighted by molar-refractivity contribution is 0.197. The summed E-state index contributed by atoms with van der Waals surface area (Å²) in [6.45, 7) is 7.23. The second kappa shape index (κ2) is 3.11. The van der Waals surface area contributed by atoms with Crippen molar-refractivity contribution in [2.75, 3.05) is 26.2 Å². The van der Waals surface area contributed by atoms with E-state index in [-0.39, 0.29) is 0 Å². The van der Waals surface area contributed by atoms with Crippen LogP contribution in [0.15, 0.2) is 0 Å². The standard InChI is InChI=1S/C9H18N2/c1-2-11-6-5-10-9(7-11)8-3-4-8/h8-10H,2-7H2,1H3/t9-/m1/s1. The monoisotopic (exact) mass is 154 g/mol. The van der Waals surface area contributed by atoms with Gasteiger partial charge in [0.25, 0.3) is 0 Å². The summed E-state index contributed by atoms with van der Waals surface area (Å²) in [4.78, 5) is 2.56. The first-order valence-corrected chi connectivity index (χ1v) is 4.86. The van der Waals surface area contributed by atoms with Crippen molar-refractivity contribution in [3.8, 4) is 0 Å². The molecular weight excluding hydrogens is 136 g/mol. The predicted octanol–water partition coefficient (Wildman–Crippen LogP) is 0.690. The second-order valence-electron chi connectivity index (χ2n) is 3.79. The fourth-order valence-electron chi connectivity index (χ4n) is 1.94. The molecule has 1 N–H and O–H groups in total. The van der Waals surface area contributed by atoms with Crippen LogP contribution in [0.5, 0.6) is 0 Å². The molecular formula is C9H18N2. The molecule has 1 aliphatic carbocycles. The molecule has 0 radical (unpaired) electrons. The summed E-state index contributed by atoms with van der Waals surface area (Å²) in [6, 6.07) is 0.823. The van der Waals surface area contributed by atoms with Crippen LogP contribution in [0.2, 0.25) is 0 Å². The summed E-state index contributed by atoms with van der Waals surface area (Å²) in [5.74, 6) is 1.02. The molecule has 1 aliphatic heterocycles. The van der Waals surface area contributed by atoms with Crippen molar-refractivity contribution in [1.82, 2.24) is 10.2 Å². The van der Waals surface area contributed by atoms with Crippen LogP contribution in [0.4, 0.5) is 0 Å². The lowest BCUT2D eigenvalue weighted by atomic mass is 10.1. The van der Waals surface area contributed by atoms with Gasteiger partial charge in [-0.15, -0.1) is 0 Å². The van der Waals surface area contributed by atoms with Crippen LogP contribution in [0.1, 0.15) is 19.8 Å². The molecule has 2 fully saturated rings. The van der Waals surface area contributed by atoms with Gasteiger partial charge in [0.15, 0.2) is 0 Å². The zero-order valence-electron chi connectivity index (χ0n) is 7.34. The molecule has 64 valence electrons. The molecule has 1 heterocycles. The largest absolute Gasteiger partial charge is 0.311 e. The van der Waals surface area contributed by atoms with Gasteiger partial charge in [-0.3, -0.25) is 0 Å². The van der Waals surface area contributed by atoms with Crippen molar-refractivity contribution >= 4 is 0 Å². The number of nitrogens with zero attached hydrogens (tertiary/aromatic N) is 1. The van der Waals surface area contributed by atoms with E-state index in [0.29, 0.717) is 0 Å². The van der Waals surface area contributed by atoms with Crippen LogP contribution in [-0.4, -0.2) is 37.1 Å². The van der Waals surface area contributed by atoms with Crippen molar-refractivity contribution in [2.24, 2.45) is 5.92 Å². The van der Waals surface area contributed by atoms with Gasteiger partial charge >= 0.3 is 0 Å². The highest BCUT2D eigenvalue weighted by atomic mass is 15.2. The molecule has 2 heteroatoms. The van der Waals surface area contributed by atoms with Gasteiger partial charge in [-0.1, -0.05) is 6.92 Å². The molecule has 0 aromatic heterocycles. The van der Waals surface area contributed by atoms with Gasteiger partial charge in [-0.2, -0.15) is 0 Å². The summed E-state index contributed by atoms with van der Waals surface area (Å²) < 4.78 is 0. The Kier molecular flexibility index (Phi) is 2.14. The van der Waals surface area contributed by atoms with E-state index in [0.717, 1.165) is 12.0 Å². The molecule has 0 bridgehead atoms. The Balaban J connectivity index is 1.82. The number of likely N-dealkylation sites (N-methyl/N-ethyl adjacent to an activating group) is 1. The van der Waals surface area contributed by atoms with Crippen molar-refractivity contribution in [1.29, 1.82) is 0 Å². The average molecular weight is 154 g/mol. The van der Waals surface area contributed by atoms with Crippen molar-refractivity contribution < 1.29 is 0 Å². The van der Waals surface area contributed by atoms with E-state index in [9.17, 15) is 0 Å². The summed E-state index contributed by atoms with van der Waals surface area (Å²) >= 11 is 0. The minimum Gasteiger partial charge on any atom is -0.311 e. The van der Waals surface area contributed by atoms with E-state index in [1.807, 2.05) is 0 Å². The third kappa shape index (κ3) is 1.74. The minimum atomic E-state index is 0.823.